The van der Waals surface area contributed by atoms with Gasteiger partial charge >= 0.3 is 0 Å². The number of nitrogen functional groups attached to an aromatic ring is 1. The number of anilines is 1. The van der Waals surface area contributed by atoms with Gasteiger partial charge in [0.25, 0.3) is 0 Å². The van der Waals surface area contributed by atoms with Crippen LogP contribution >= 0.6 is 0 Å². The molecule has 2 aromatic carbocycles. The summed E-state index contributed by atoms with van der Waals surface area (Å²) in [6.45, 7) is 1.91. The fourth-order valence-electron chi connectivity index (χ4n) is 2.01. The molecule has 0 aliphatic heterocycles. The van der Waals surface area contributed by atoms with Gasteiger partial charge in [0.15, 0.2) is 5.82 Å². The van der Waals surface area contributed by atoms with Crippen molar-refractivity contribution in [2.45, 2.75) is 6.92 Å². The average Bonchev–Trinajstić information content (AvgIpc) is 2.91. The quantitative estimate of drug-likeness (QED) is 0.725. The van der Waals surface area contributed by atoms with E-state index in [1.165, 1.54) is 16.8 Å². The zero-order valence-electron chi connectivity index (χ0n) is 10.8. The fourth-order valence-corrected chi connectivity index (χ4v) is 2.01. The Labute approximate surface area is 114 Å². The highest BCUT2D eigenvalue weighted by atomic mass is 19.1. The maximum atomic E-state index is 13.3. The second kappa shape index (κ2) is 4.73. The van der Waals surface area contributed by atoms with Crippen molar-refractivity contribution in [1.82, 2.24) is 20.2 Å². The van der Waals surface area contributed by atoms with Crippen LogP contribution in [0.25, 0.3) is 17.1 Å². The Morgan fingerprint density at radius 1 is 1.15 bits per heavy atom. The summed E-state index contributed by atoms with van der Waals surface area (Å²) in [5, 5.41) is 11.6. The molecule has 0 saturated heterocycles. The number of tetrazole rings is 1. The SMILES string of the molecule is Cc1cccc(-c2nnnn2-c2cccc(F)c2)c1N. The molecule has 0 radical (unpaired) electrons. The number of aromatic nitrogens is 4. The maximum absolute atomic E-state index is 13.3. The van der Waals surface area contributed by atoms with Gasteiger partial charge in [-0.1, -0.05) is 18.2 Å². The number of nitrogens with zero attached hydrogens (tertiary/aromatic N) is 4. The molecule has 0 fully saturated rings. The van der Waals surface area contributed by atoms with Gasteiger partial charge in [-0.3, -0.25) is 0 Å². The molecule has 20 heavy (non-hydrogen) atoms. The lowest BCUT2D eigenvalue weighted by Crippen LogP contribution is -2.02. The lowest BCUT2D eigenvalue weighted by Gasteiger charge is -2.08. The highest BCUT2D eigenvalue weighted by molar-refractivity contribution is 5.74. The lowest BCUT2D eigenvalue weighted by atomic mass is 10.1. The van der Waals surface area contributed by atoms with Crippen molar-refractivity contribution in [3.8, 4) is 17.1 Å². The molecule has 5 nitrogen and oxygen atoms in total. The van der Waals surface area contributed by atoms with Crippen LogP contribution in [0.5, 0.6) is 0 Å². The van der Waals surface area contributed by atoms with Gasteiger partial charge in [0.2, 0.25) is 0 Å². The standard InChI is InChI=1S/C14H12FN5/c1-9-4-2-7-12(13(9)16)14-17-18-19-20(14)11-6-3-5-10(15)8-11/h2-8H,16H2,1H3. The average molecular weight is 269 g/mol. The largest absolute Gasteiger partial charge is 0.398 e. The molecule has 6 heteroatoms. The number of aryl methyl sites for hydroxylation is 1. The molecular weight excluding hydrogens is 257 g/mol. The molecule has 3 rings (SSSR count). The molecule has 0 amide bonds. The van der Waals surface area contributed by atoms with Crippen LogP contribution < -0.4 is 5.73 Å². The van der Waals surface area contributed by atoms with Crippen LogP contribution in [0, 0.1) is 12.7 Å². The number of nitrogens with two attached hydrogens (primary N) is 1. The monoisotopic (exact) mass is 269 g/mol. The van der Waals surface area contributed by atoms with E-state index in [1.807, 2.05) is 25.1 Å². The minimum absolute atomic E-state index is 0.346. The Morgan fingerprint density at radius 2 is 1.95 bits per heavy atom. The van der Waals surface area contributed by atoms with E-state index in [1.54, 1.807) is 12.1 Å². The molecular formula is C14H12FN5. The summed E-state index contributed by atoms with van der Waals surface area (Å²) in [5.41, 5.74) is 8.89. The van der Waals surface area contributed by atoms with E-state index >= 15 is 0 Å². The first-order valence-electron chi connectivity index (χ1n) is 6.06. The molecule has 3 aromatic rings. The Balaban J connectivity index is 2.18. The number of benzene rings is 2. The number of rotatable bonds is 2. The van der Waals surface area contributed by atoms with Crippen molar-refractivity contribution in [3.63, 3.8) is 0 Å². The predicted molar refractivity (Wildman–Crippen MR) is 73.7 cm³/mol. The van der Waals surface area contributed by atoms with Crippen molar-refractivity contribution < 1.29 is 4.39 Å². The number of halogens is 1. The van der Waals surface area contributed by atoms with E-state index in [0.29, 0.717) is 17.2 Å². The summed E-state index contributed by atoms with van der Waals surface area (Å²) < 4.78 is 14.8. The van der Waals surface area contributed by atoms with Gasteiger partial charge in [0.1, 0.15) is 5.82 Å². The molecule has 0 saturated carbocycles. The van der Waals surface area contributed by atoms with Gasteiger partial charge in [-0.05, 0) is 47.2 Å². The molecule has 0 unspecified atom stereocenters. The third-order valence-corrected chi connectivity index (χ3v) is 3.09. The first kappa shape index (κ1) is 12.3. The van der Waals surface area contributed by atoms with E-state index in [2.05, 4.69) is 15.5 Å². The van der Waals surface area contributed by atoms with Gasteiger partial charge in [-0.15, -0.1) is 5.10 Å². The summed E-state index contributed by atoms with van der Waals surface area (Å²) in [7, 11) is 0. The second-order valence-corrected chi connectivity index (χ2v) is 4.43. The molecule has 100 valence electrons. The summed E-state index contributed by atoms with van der Waals surface area (Å²) >= 11 is 0. The molecule has 1 aromatic heterocycles. The highest BCUT2D eigenvalue weighted by Crippen LogP contribution is 2.27. The summed E-state index contributed by atoms with van der Waals surface area (Å²) in [4.78, 5) is 0. The molecule has 0 aliphatic rings. The van der Waals surface area contributed by atoms with E-state index in [4.69, 9.17) is 5.73 Å². The van der Waals surface area contributed by atoms with Crippen molar-refractivity contribution in [2.24, 2.45) is 0 Å². The van der Waals surface area contributed by atoms with Crippen molar-refractivity contribution in [3.05, 3.63) is 53.8 Å². The summed E-state index contributed by atoms with van der Waals surface area (Å²) in [5.74, 6) is 0.137. The van der Waals surface area contributed by atoms with Crippen LogP contribution in [0.3, 0.4) is 0 Å². The highest BCUT2D eigenvalue weighted by Gasteiger charge is 2.14. The van der Waals surface area contributed by atoms with Gasteiger partial charge in [-0.2, -0.15) is 4.68 Å². The normalized spacial score (nSPS) is 10.7. The van der Waals surface area contributed by atoms with Crippen LogP contribution in [-0.2, 0) is 0 Å². The molecule has 1 heterocycles. The second-order valence-electron chi connectivity index (χ2n) is 4.43. The zero-order valence-corrected chi connectivity index (χ0v) is 10.8. The number of para-hydroxylation sites is 1. The Bertz CT molecular complexity index is 766. The lowest BCUT2D eigenvalue weighted by molar-refractivity contribution is 0.625. The van der Waals surface area contributed by atoms with Gasteiger partial charge in [0.05, 0.1) is 5.69 Å². The Hall–Kier alpha value is -2.76. The van der Waals surface area contributed by atoms with Gasteiger partial charge in [-0.25, -0.2) is 4.39 Å². The van der Waals surface area contributed by atoms with Crippen molar-refractivity contribution in [1.29, 1.82) is 0 Å². The zero-order chi connectivity index (χ0) is 14.1. The molecule has 0 bridgehead atoms. The maximum Gasteiger partial charge on any atom is 0.189 e. The van der Waals surface area contributed by atoms with Crippen molar-refractivity contribution in [2.75, 3.05) is 5.73 Å². The Morgan fingerprint density at radius 3 is 2.75 bits per heavy atom. The molecule has 0 atom stereocenters. The molecule has 2 N–H and O–H groups in total. The first-order chi connectivity index (χ1) is 9.66. The minimum Gasteiger partial charge on any atom is -0.398 e. The van der Waals surface area contributed by atoms with Gasteiger partial charge < -0.3 is 5.73 Å². The first-order valence-corrected chi connectivity index (χ1v) is 6.06. The van der Waals surface area contributed by atoms with E-state index in [-0.39, 0.29) is 5.82 Å². The van der Waals surface area contributed by atoms with Crippen LogP contribution in [0.1, 0.15) is 5.56 Å². The van der Waals surface area contributed by atoms with Crippen molar-refractivity contribution >= 4 is 5.69 Å². The Kier molecular flexibility index (Phi) is 2.90. The number of hydrogen-bond donors (Lipinski definition) is 1. The van der Waals surface area contributed by atoms with E-state index < -0.39 is 0 Å². The summed E-state index contributed by atoms with van der Waals surface area (Å²) in [6, 6.07) is 11.7. The predicted octanol–water partition coefficient (Wildman–Crippen LogP) is 2.36. The van der Waals surface area contributed by atoms with E-state index in [9.17, 15) is 4.39 Å². The van der Waals surface area contributed by atoms with E-state index in [0.717, 1.165) is 11.1 Å². The minimum atomic E-state index is -0.346. The third kappa shape index (κ3) is 2.01. The van der Waals surface area contributed by atoms with Crippen LogP contribution in [0.2, 0.25) is 0 Å². The van der Waals surface area contributed by atoms with Gasteiger partial charge in [0, 0.05) is 11.3 Å². The van der Waals surface area contributed by atoms with Crippen LogP contribution in [0.4, 0.5) is 10.1 Å². The number of hydrogen-bond acceptors (Lipinski definition) is 4. The molecule has 0 spiro atoms. The summed E-state index contributed by atoms with van der Waals surface area (Å²) in [6.07, 6.45) is 0. The third-order valence-electron chi connectivity index (χ3n) is 3.09. The molecule has 0 aliphatic carbocycles. The van der Waals surface area contributed by atoms with Crippen LogP contribution in [-0.4, -0.2) is 20.2 Å². The van der Waals surface area contributed by atoms with Crippen LogP contribution in [0.15, 0.2) is 42.5 Å². The fraction of sp³-hybridized carbons (Fsp3) is 0.0714. The smallest absolute Gasteiger partial charge is 0.189 e. The topological polar surface area (TPSA) is 69.6 Å².